The molecule has 1 aromatic rings. The average Bonchev–Trinajstić information content (AvgIpc) is 2.51. The van der Waals surface area contributed by atoms with Crippen molar-refractivity contribution in [2.24, 2.45) is 0 Å². The predicted molar refractivity (Wildman–Crippen MR) is 82.0 cm³/mol. The van der Waals surface area contributed by atoms with E-state index in [-0.39, 0.29) is 0 Å². The molecule has 4 nitrogen and oxygen atoms in total. The molecule has 2 aliphatic rings. The zero-order valence-electron chi connectivity index (χ0n) is 13.0. The van der Waals surface area contributed by atoms with Crippen molar-refractivity contribution in [2.45, 2.75) is 43.9 Å². The molecule has 0 aromatic heterocycles. The number of methoxy groups -OCH3 is 2. The van der Waals surface area contributed by atoms with Crippen LogP contribution in [0.2, 0.25) is 0 Å². The van der Waals surface area contributed by atoms with Gasteiger partial charge in [0.05, 0.1) is 13.2 Å². The maximum atomic E-state index is 6.00. The molecule has 2 atom stereocenters. The van der Waals surface area contributed by atoms with E-state index in [1.807, 2.05) is 31.4 Å². The van der Waals surface area contributed by atoms with Gasteiger partial charge in [-0.25, -0.2) is 0 Å². The van der Waals surface area contributed by atoms with Crippen LogP contribution in [0.5, 0.6) is 11.5 Å². The van der Waals surface area contributed by atoms with Gasteiger partial charge in [0.15, 0.2) is 0 Å². The number of ether oxygens (including phenoxy) is 3. The Labute approximate surface area is 127 Å². The largest absolute Gasteiger partial charge is 0.497 e. The van der Waals surface area contributed by atoms with Crippen LogP contribution in [0.1, 0.15) is 25.7 Å². The standard InChI is InChI=1S/C17H25NO3/c1-19-14-6-8-15(9-7-14)21-17-11-18(12-17)13-4-3-5-16(10-13)20-2/h6-9,13,16-17H,3-5,10-12H2,1-2H3. The third kappa shape index (κ3) is 3.50. The van der Waals surface area contributed by atoms with E-state index in [1.165, 1.54) is 25.7 Å². The minimum Gasteiger partial charge on any atom is -0.497 e. The van der Waals surface area contributed by atoms with Crippen molar-refractivity contribution in [3.63, 3.8) is 0 Å². The van der Waals surface area contributed by atoms with Crippen LogP contribution in [-0.2, 0) is 4.74 Å². The van der Waals surface area contributed by atoms with Crippen LogP contribution < -0.4 is 9.47 Å². The highest BCUT2D eigenvalue weighted by molar-refractivity contribution is 5.31. The van der Waals surface area contributed by atoms with Gasteiger partial charge in [0.25, 0.3) is 0 Å². The highest BCUT2D eigenvalue weighted by atomic mass is 16.5. The lowest BCUT2D eigenvalue weighted by molar-refractivity contribution is -0.0435. The van der Waals surface area contributed by atoms with Gasteiger partial charge < -0.3 is 14.2 Å². The second kappa shape index (κ2) is 6.67. The zero-order valence-corrected chi connectivity index (χ0v) is 13.0. The van der Waals surface area contributed by atoms with Crippen molar-refractivity contribution in [3.8, 4) is 11.5 Å². The minimum absolute atomic E-state index is 0.321. The van der Waals surface area contributed by atoms with Gasteiger partial charge >= 0.3 is 0 Å². The molecule has 3 rings (SSSR count). The molecular weight excluding hydrogens is 266 g/mol. The lowest BCUT2D eigenvalue weighted by Crippen LogP contribution is -2.58. The molecule has 1 saturated heterocycles. The summed E-state index contributed by atoms with van der Waals surface area (Å²) < 4.78 is 16.7. The first kappa shape index (κ1) is 14.7. The fourth-order valence-electron chi connectivity index (χ4n) is 3.36. The average molecular weight is 291 g/mol. The van der Waals surface area contributed by atoms with Gasteiger partial charge in [0, 0.05) is 26.2 Å². The summed E-state index contributed by atoms with van der Waals surface area (Å²) in [6.07, 6.45) is 5.74. The molecule has 1 aromatic carbocycles. The maximum absolute atomic E-state index is 6.00. The molecule has 21 heavy (non-hydrogen) atoms. The lowest BCUT2D eigenvalue weighted by Gasteiger charge is -2.46. The summed E-state index contributed by atoms with van der Waals surface area (Å²) in [5.41, 5.74) is 0. The molecular formula is C17H25NO3. The van der Waals surface area contributed by atoms with E-state index in [1.54, 1.807) is 7.11 Å². The highest BCUT2D eigenvalue weighted by Crippen LogP contribution is 2.29. The van der Waals surface area contributed by atoms with Crippen LogP contribution in [0.3, 0.4) is 0 Å². The molecule has 1 aliphatic heterocycles. The normalized spacial score (nSPS) is 27.1. The smallest absolute Gasteiger partial charge is 0.124 e. The predicted octanol–water partition coefficient (Wildman–Crippen LogP) is 2.72. The van der Waals surface area contributed by atoms with Gasteiger partial charge in [-0.2, -0.15) is 0 Å². The van der Waals surface area contributed by atoms with Crippen LogP contribution >= 0.6 is 0 Å². The Balaban J connectivity index is 1.44. The Kier molecular flexibility index (Phi) is 4.66. The molecule has 4 heteroatoms. The monoisotopic (exact) mass is 291 g/mol. The molecule has 116 valence electrons. The highest BCUT2D eigenvalue weighted by Gasteiger charge is 2.36. The van der Waals surface area contributed by atoms with E-state index in [2.05, 4.69) is 4.90 Å². The van der Waals surface area contributed by atoms with E-state index in [4.69, 9.17) is 14.2 Å². The number of likely N-dealkylation sites (tertiary alicyclic amines) is 1. The first-order chi connectivity index (χ1) is 10.3. The Bertz CT molecular complexity index is 442. The summed E-state index contributed by atoms with van der Waals surface area (Å²) in [6, 6.07) is 8.51. The lowest BCUT2D eigenvalue weighted by atomic mass is 9.89. The Morgan fingerprint density at radius 2 is 1.67 bits per heavy atom. The van der Waals surface area contributed by atoms with Gasteiger partial charge in [-0.1, -0.05) is 0 Å². The second-order valence-corrected chi connectivity index (χ2v) is 6.05. The fourth-order valence-corrected chi connectivity index (χ4v) is 3.36. The van der Waals surface area contributed by atoms with Gasteiger partial charge in [0.1, 0.15) is 17.6 Å². The summed E-state index contributed by atoms with van der Waals surface area (Å²) in [5, 5.41) is 0. The van der Waals surface area contributed by atoms with Gasteiger partial charge in [-0.05, 0) is 49.9 Å². The Morgan fingerprint density at radius 3 is 2.33 bits per heavy atom. The van der Waals surface area contributed by atoms with Crippen molar-refractivity contribution in [2.75, 3.05) is 27.3 Å². The number of benzene rings is 1. The molecule has 1 saturated carbocycles. The number of hydrogen-bond donors (Lipinski definition) is 0. The van der Waals surface area contributed by atoms with E-state index in [0.29, 0.717) is 18.2 Å². The number of rotatable bonds is 5. The van der Waals surface area contributed by atoms with Crippen LogP contribution in [0.25, 0.3) is 0 Å². The summed E-state index contributed by atoms with van der Waals surface area (Å²) in [4.78, 5) is 2.54. The molecule has 0 N–H and O–H groups in total. The molecule has 2 unspecified atom stereocenters. The minimum atomic E-state index is 0.321. The third-order valence-electron chi connectivity index (χ3n) is 4.69. The topological polar surface area (TPSA) is 30.9 Å². The van der Waals surface area contributed by atoms with Crippen molar-refractivity contribution in [1.29, 1.82) is 0 Å². The van der Waals surface area contributed by atoms with E-state index >= 15 is 0 Å². The maximum Gasteiger partial charge on any atom is 0.124 e. The fraction of sp³-hybridized carbons (Fsp3) is 0.647. The van der Waals surface area contributed by atoms with Crippen molar-refractivity contribution in [1.82, 2.24) is 4.90 Å². The number of hydrogen-bond acceptors (Lipinski definition) is 4. The summed E-state index contributed by atoms with van der Waals surface area (Å²) in [6.45, 7) is 2.07. The summed E-state index contributed by atoms with van der Waals surface area (Å²) >= 11 is 0. The van der Waals surface area contributed by atoms with Crippen LogP contribution in [0.15, 0.2) is 24.3 Å². The number of nitrogens with zero attached hydrogens (tertiary/aromatic N) is 1. The second-order valence-electron chi connectivity index (χ2n) is 6.05. The van der Waals surface area contributed by atoms with Crippen LogP contribution in [0, 0.1) is 0 Å². The van der Waals surface area contributed by atoms with Crippen molar-refractivity contribution >= 4 is 0 Å². The quantitative estimate of drug-likeness (QED) is 0.834. The molecule has 0 spiro atoms. The van der Waals surface area contributed by atoms with E-state index < -0.39 is 0 Å². The van der Waals surface area contributed by atoms with E-state index in [0.717, 1.165) is 24.6 Å². The zero-order chi connectivity index (χ0) is 14.7. The van der Waals surface area contributed by atoms with Crippen molar-refractivity contribution < 1.29 is 14.2 Å². The first-order valence-corrected chi connectivity index (χ1v) is 7.86. The molecule has 0 amide bonds. The molecule has 0 bridgehead atoms. The summed E-state index contributed by atoms with van der Waals surface area (Å²) in [5.74, 6) is 1.80. The Hall–Kier alpha value is -1.26. The van der Waals surface area contributed by atoms with Crippen molar-refractivity contribution in [3.05, 3.63) is 24.3 Å². The van der Waals surface area contributed by atoms with Crippen LogP contribution in [0.4, 0.5) is 0 Å². The summed E-state index contributed by atoms with van der Waals surface area (Å²) in [7, 11) is 3.51. The SMILES string of the molecule is COc1ccc(OC2CN(C3CCCC(OC)C3)C2)cc1. The van der Waals surface area contributed by atoms with Gasteiger partial charge in [-0.3, -0.25) is 4.90 Å². The third-order valence-corrected chi connectivity index (χ3v) is 4.69. The van der Waals surface area contributed by atoms with Gasteiger partial charge in [-0.15, -0.1) is 0 Å². The van der Waals surface area contributed by atoms with Crippen LogP contribution in [-0.4, -0.2) is 50.5 Å². The van der Waals surface area contributed by atoms with Gasteiger partial charge in [0.2, 0.25) is 0 Å². The molecule has 1 heterocycles. The van der Waals surface area contributed by atoms with E-state index in [9.17, 15) is 0 Å². The molecule has 2 fully saturated rings. The molecule has 1 aliphatic carbocycles. The first-order valence-electron chi connectivity index (χ1n) is 7.86. The molecule has 0 radical (unpaired) electrons. The Morgan fingerprint density at radius 1 is 0.952 bits per heavy atom.